The highest BCUT2D eigenvalue weighted by atomic mass is 16.5. The Bertz CT molecular complexity index is 201. The van der Waals surface area contributed by atoms with Gasteiger partial charge in [-0.05, 0) is 44.8 Å². The molecule has 1 fully saturated rings. The van der Waals surface area contributed by atoms with Crippen LogP contribution in [0.5, 0.6) is 0 Å². The van der Waals surface area contributed by atoms with Crippen LogP contribution in [0.2, 0.25) is 0 Å². The van der Waals surface area contributed by atoms with Gasteiger partial charge in [0, 0.05) is 19.7 Å². The van der Waals surface area contributed by atoms with E-state index in [0.717, 1.165) is 25.6 Å². The van der Waals surface area contributed by atoms with Crippen molar-refractivity contribution < 1.29 is 4.74 Å². The molecule has 0 spiro atoms. The Balaban J connectivity index is 2.07. The first-order chi connectivity index (χ1) is 9.30. The van der Waals surface area contributed by atoms with E-state index in [1.54, 1.807) is 0 Å². The second kappa shape index (κ2) is 10.6. The van der Waals surface area contributed by atoms with E-state index >= 15 is 0 Å². The molecule has 0 aromatic rings. The first kappa shape index (κ1) is 16.9. The number of hydrogen-bond acceptors (Lipinski definition) is 3. The molecular formula is C16H34N2O. The Labute approximate surface area is 120 Å². The van der Waals surface area contributed by atoms with E-state index in [0.29, 0.717) is 6.10 Å². The van der Waals surface area contributed by atoms with Crippen LogP contribution in [0.1, 0.15) is 52.9 Å². The molecule has 19 heavy (non-hydrogen) atoms. The minimum Gasteiger partial charge on any atom is -0.378 e. The van der Waals surface area contributed by atoms with E-state index in [4.69, 9.17) is 4.74 Å². The molecule has 1 aliphatic rings. The van der Waals surface area contributed by atoms with Gasteiger partial charge in [-0.15, -0.1) is 0 Å². The molecule has 0 bridgehead atoms. The number of rotatable bonds is 10. The summed E-state index contributed by atoms with van der Waals surface area (Å²) >= 11 is 0. The molecule has 0 aliphatic carbocycles. The third-order valence-corrected chi connectivity index (χ3v) is 4.38. The van der Waals surface area contributed by atoms with Crippen molar-refractivity contribution in [1.29, 1.82) is 0 Å². The average Bonchev–Trinajstić information content (AvgIpc) is 2.48. The molecule has 1 saturated heterocycles. The summed E-state index contributed by atoms with van der Waals surface area (Å²) in [6.45, 7) is 13.7. The summed E-state index contributed by atoms with van der Waals surface area (Å²) in [5.41, 5.74) is 0. The first-order valence-corrected chi connectivity index (χ1v) is 8.34. The second-order valence-corrected chi connectivity index (χ2v) is 5.75. The topological polar surface area (TPSA) is 24.5 Å². The molecule has 3 heteroatoms. The van der Waals surface area contributed by atoms with Crippen molar-refractivity contribution in [3.63, 3.8) is 0 Å². The largest absolute Gasteiger partial charge is 0.378 e. The molecule has 0 unspecified atom stereocenters. The van der Waals surface area contributed by atoms with Crippen LogP contribution in [0.3, 0.4) is 0 Å². The Hall–Kier alpha value is -0.120. The SMILES string of the molecule is CCC(CC)CN(CC)CCCOC1CCNCC1. The van der Waals surface area contributed by atoms with Crippen molar-refractivity contribution in [3.05, 3.63) is 0 Å². The smallest absolute Gasteiger partial charge is 0.0599 e. The Morgan fingerprint density at radius 3 is 2.42 bits per heavy atom. The second-order valence-electron chi connectivity index (χ2n) is 5.75. The molecule has 0 saturated carbocycles. The number of nitrogens with zero attached hydrogens (tertiary/aromatic N) is 1. The fourth-order valence-electron chi connectivity index (χ4n) is 2.79. The highest BCUT2D eigenvalue weighted by Gasteiger charge is 2.13. The van der Waals surface area contributed by atoms with E-state index in [9.17, 15) is 0 Å². The quantitative estimate of drug-likeness (QED) is 0.618. The lowest BCUT2D eigenvalue weighted by Crippen LogP contribution is -2.34. The fourth-order valence-corrected chi connectivity index (χ4v) is 2.79. The van der Waals surface area contributed by atoms with Gasteiger partial charge in [-0.1, -0.05) is 33.6 Å². The third-order valence-electron chi connectivity index (χ3n) is 4.38. The number of piperidine rings is 1. The average molecular weight is 270 g/mol. The van der Waals surface area contributed by atoms with Crippen LogP contribution in [-0.4, -0.2) is 50.3 Å². The van der Waals surface area contributed by atoms with E-state index in [1.807, 2.05) is 0 Å². The van der Waals surface area contributed by atoms with Crippen LogP contribution in [0, 0.1) is 5.92 Å². The maximum absolute atomic E-state index is 5.97. The molecular weight excluding hydrogens is 236 g/mol. The molecule has 1 N–H and O–H groups in total. The van der Waals surface area contributed by atoms with Gasteiger partial charge >= 0.3 is 0 Å². The zero-order valence-corrected chi connectivity index (χ0v) is 13.3. The molecule has 3 nitrogen and oxygen atoms in total. The summed E-state index contributed by atoms with van der Waals surface area (Å²) in [5.74, 6) is 0.866. The molecule has 1 heterocycles. The van der Waals surface area contributed by atoms with Crippen molar-refractivity contribution in [3.8, 4) is 0 Å². The highest BCUT2D eigenvalue weighted by molar-refractivity contribution is 4.68. The minimum atomic E-state index is 0.510. The van der Waals surface area contributed by atoms with Gasteiger partial charge in [0.2, 0.25) is 0 Å². The van der Waals surface area contributed by atoms with Gasteiger partial charge in [-0.2, -0.15) is 0 Å². The minimum absolute atomic E-state index is 0.510. The van der Waals surface area contributed by atoms with Gasteiger partial charge in [-0.25, -0.2) is 0 Å². The van der Waals surface area contributed by atoms with Crippen molar-refractivity contribution in [2.45, 2.75) is 59.0 Å². The molecule has 0 radical (unpaired) electrons. The van der Waals surface area contributed by atoms with Crippen LogP contribution >= 0.6 is 0 Å². The summed E-state index contributed by atoms with van der Waals surface area (Å²) in [7, 11) is 0. The van der Waals surface area contributed by atoms with Crippen molar-refractivity contribution in [2.75, 3.05) is 39.3 Å². The predicted octanol–water partition coefficient (Wildman–Crippen LogP) is 2.90. The summed E-state index contributed by atoms with van der Waals surface area (Å²) in [6.07, 6.45) is 6.67. The third kappa shape index (κ3) is 7.28. The Morgan fingerprint density at radius 2 is 1.84 bits per heavy atom. The van der Waals surface area contributed by atoms with Crippen LogP contribution in [0.4, 0.5) is 0 Å². The molecule has 1 rings (SSSR count). The van der Waals surface area contributed by atoms with Crippen LogP contribution in [0.25, 0.3) is 0 Å². The molecule has 114 valence electrons. The maximum atomic E-state index is 5.97. The van der Waals surface area contributed by atoms with Crippen LogP contribution in [0.15, 0.2) is 0 Å². The Kier molecular flexibility index (Phi) is 9.48. The van der Waals surface area contributed by atoms with Crippen LogP contribution < -0.4 is 5.32 Å². The predicted molar refractivity (Wildman–Crippen MR) is 82.6 cm³/mol. The summed E-state index contributed by atoms with van der Waals surface area (Å²) in [6, 6.07) is 0. The standard InChI is InChI=1S/C16H34N2O/c1-4-15(5-2)14-18(6-3)12-7-13-19-16-8-10-17-11-9-16/h15-17H,4-14H2,1-3H3. The van der Waals surface area contributed by atoms with Gasteiger partial charge in [-0.3, -0.25) is 0 Å². The number of hydrogen-bond donors (Lipinski definition) is 1. The van der Waals surface area contributed by atoms with E-state index in [2.05, 4.69) is 31.0 Å². The molecule has 0 aromatic carbocycles. The van der Waals surface area contributed by atoms with Gasteiger partial charge in [0.15, 0.2) is 0 Å². The lowest BCUT2D eigenvalue weighted by molar-refractivity contribution is 0.0273. The van der Waals surface area contributed by atoms with Crippen molar-refractivity contribution in [2.24, 2.45) is 5.92 Å². The molecule has 0 aromatic heterocycles. The van der Waals surface area contributed by atoms with Gasteiger partial charge in [0.25, 0.3) is 0 Å². The monoisotopic (exact) mass is 270 g/mol. The highest BCUT2D eigenvalue weighted by Crippen LogP contribution is 2.11. The first-order valence-electron chi connectivity index (χ1n) is 8.34. The van der Waals surface area contributed by atoms with E-state index in [1.165, 1.54) is 51.7 Å². The summed E-state index contributed by atoms with van der Waals surface area (Å²) in [4.78, 5) is 2.59. The Morgan fingerprint density at radius 1 is 1.16 bits per heavy atom. The summed E-state index contributed by atoms with van der Waals surface area (Å²) in [5, 5.41) is 3.38. The summed E-state index contributed by atoms with van der Waals surface area (Å²) < 4.78 is 5.97. The molecule has 1 aliphatic heterocycles. The van der Waals surface area contributed by atoms with E-state index in [-0.39, 0.29) is 0 Å². The fraction of sp³-hybridized carbons (Fsp3) is 1.00. The van der Waals surface area contributed by atoms with Crippen LogP contribution in [-0.2, 0) is 4.74 Å². The lowest BCUT2D eigenvalue weighted by atomic mass is 10.0. The van der Waals surface area contributed by atoms with Gasteiger partial charge in [0.05, 0.1) is 6.10 Å². The van der Waals surface area contributed by atoms with Gasteiger partial charge < -0.3 is 15.0 Å². The molecule has 0 atom stereocenters. The van der Waals surface area contributed by atoms with Crippen molar-refractivity contribution >= 4 is 0 Å². The zero-order chi connectivity index (χ0) is 13.9. The van der Waals surface area contributed by atoms with E-state index < -0.39 is 0 Å². The maximum Gasteiger partial charge on any atom is 0.0599 e. The number of ether oxygens (including phenoxy) is 1. The normalized spacial score (nSPS) is 17.5. The number of nitrogens with one attached hydrogen (secondary N) is 1. The lowest BCUT2D eigenvalue weighted by Gasteiger charge is -2.26. The van der Waals surface area contributed by atoms with Crippen molar-refractivity contribution in [1.82, 2.24) is 10.2 Å². The van der Waals surface area contributed by atoms with Gasteiger partial charge in [0.1, 0.15) is 0 Å². The zero-order valence-electron chi connectivity index (χ0n) is 13.3. The molecule has 0 amide bonds.